The van der Waals surface area contributed by atoms with Gasteiger partial charge in [-0.05, 0) is 49.0 Å². The number of nitrogens with one attached hydrogen (secondary N) is 1. The smallest absolute Gasteiger partial charge is 0.286 e. The lowest BCUT2D eigenvalue weighted by atomic mass is 10.1. The van der Waals surface area contributed by atoms with Gasteiger partial charge in [-0.25, -0.2) is 0 Å². The van der Waals surface area contributed by atoms with Gasteiger partial charge in [0.25, 0.3) is 17.7 Å². The second-order valence-corrected chi connectivity index (χ2v) is 9.05. The van der Waals surface area contributed by atoms with Crippen LogP contribution in [0, 0.1) is 6.92 Å². The highest BCUT2D eigenvalue weighted by atomic mass is 79.9. The van der Waals surface area contributed by atoms with E-state index in [0.29, 0.717) is 16.8 Å². The van der Waals surface area contributed by atoms with Crippen molar-refractivity contribution in [3.05, 3.63) is 68.5 Å². The number of carbonyl (C=O) groups is 3. The quantitative estimate of drug-likeness (QED) is 0.517. The summed E-state index contributed by atoms with van der Waals surface area (Å²) in [6.07, 6.45) is 0. The van der Waals surface area contributed by atoms with Gasteiger partial charge in [0.1, 0.15) is 0 Å². The molecule has 6 nitrogen and oxygen atoms in total. The maximum Gasteiger partial charge on any atom is 0.286 e. The molecular formula is C20H14BrN3O3S2. The number of halogens is 1. The van der Waals surface area contributed by atoms with E-state index in [1.165, 1.54) is 4.90 Å². The third-order valence-electron chi connectivity index (χ3n) is 4.71. The van der Waals surface area contributed by atoms with Gasteiger partial charge in [0.2, 0.25) is 0 Å². The zero-order chi connectivity index (χ0) is 20.9. The molecule has 0 unspecified atom stereocenters. The van der Waals surface area contributed by atoms with Crippen molar-refractivity contribution < 1.29 is 14.4 Å². The molecule has 2 aromatic rings. The van der Waals surface area contributed by atoms with E-state index < -0.39 is 11.8 Å². The molecule has 9 heteroatoms. The van der Waals surface area contributed by atoms with E-state index in [1.807, 2.05) is 31.2 Å². The van der Waals surface area contributed by atoms with Crippen LogP contribution in [-0.2, 0) is 9.59 Å². The fraction of sp³-hybridized carbons (Fsp3) is 0.100. The number of likely N-dealkylation sites (N-methyl/N-ethyl adjacent to an activating group) is 1. The molecule has 0 radical (unpaired) electrons. The predicted octanol–water partition coefficient (Wildman–Crippen LogP) is 3.65. The number of thioether (sulfide) groups is 1. The number of carbonyl (C=O) groups excluding carboxylic acids is 3. The van der Waals surface area contributed by atoms with Gasteiger partial charge >= 0.3 is 0 Å². The molecule has 1 fully saturated rings. The number of hydrogen-bond acceptors (Lipinski definition) is 5. The number of rotatable bonds is 2. The number of hydrazine groups is 1. The summed E-state index contributed by atoms with van der Waals surface area (Å²) in [4.78, 5) is 40.2. The third-order valence-corrected chi connectivity index (χ3v) is 6.57. The average molecular weight is 488 g/mol. The lowest BCUT2D eigenvalue weighted by molar-refractivity contribution is -0.124. The second kappa shape index (κ2) is 7.40. The number of amides is 3. The minimum absolute atomic E-state index is 0.165. The Kier molecular flexibility index (Phi) is 5.05. The summed E-state index contributed by atoms with van der Waals surface area (Å²) in [5.74, 6) is -1.25. The molecule has 29 heavy (non-hydrogen) atoms. The van der Waals surface area contributed by atoms with Crippen LogP contribution in [0.5, 0.6) is 0 Å². The predicted molar refractivity (Wildman–Crippen MR) is 120 cm³/mol. The molecule has 0 atom stereocenters. The molecule has 0 saturated carbocycles. The molecule has 2 aliphatic heterocycles. The zero-order valence-corrected chi connectivity index (χ0v) is 18.6. The van der Waals surface area contributed by atoms with Crippen LogP contribution in [0.4, 0.5) is 5.69 Å². The SMILES string of the molecule is Cc1ccccc1C(=O)NN1C(=O)C(=C2C(=O)N(C)c3ccc(Br)cc32)SC1=S. The van der Waals surface area contributed by atoms with Gasteiger partial charge in [-0.1, -0.05) is 45.9 Å². The number of thiocarbonyl (C=S) groups is 1. The molecule has 0 bridgehead atoms. The lowest BCUT2D eigenvalue weighted by Gasteiger charge is -2.16. The molecule has 0 aliphatic carbocycles. The van der Waals surface area contributed by atoms with Crippen molar-refractivity contribution in [2.45, 2.75) is 6.92 Å². The minimum Gasteiger partial charge on any atom is -0.311 e. The fourth-order valence-corrected chi connectivity index (χ4v) is 4.83. The Morgan fingerprint density at radius 2 is 1.86 bits per heavy atom. The van der Waals surface area contributed by atoms with Crippen LogP contribution in [0.2, 0.25) is 0 Å². The molecule has 2 aliphatic rings. The fourth-order valence-electron chi connectivity index (χ4n) is 3.22. The number of fused-ring (bicyclic) bond motifs is 1. The van der Waals surface area contributed by atoms with Gasteiger partial charge in [-0.2, -0.15) is 5.01 Å². The summed E-state index contributed by atoms with van der Waals surface area (Å²) in [6.45, 7) is 1.81. The van der Waals surface area contributed by atoms with E-state index in [-0.39, 0.29) is 20.7 Å². The number of aryl methyl sites for hydroxylation is 1. The van der Waals surface area contributed by atoms with Gasteiger partial charge in [0, 0.05) is 22.6 Å². The Morgan fingerprint density at radius 1 is 1.14 bits per heavy atom. The first-order chi connectivity index (χ1) is 13.8. The maximum atomic E-state index is 13.1. The van der Waals surface area contributed by atoms with Crippen LogP contribution < -0.4 is 10.3 Å². The van der Waals surface area contributed by atoms with E-state index in [2.05, 4.69) is 21.4 Å². The van der Waals surface area contributed by atoms with Crippen LogP contribution >= 0.6 is 39.9 Å². The molecule has 146 valence electrons. The summed E-state index contributed by atoms with van der Waals surface area (Å²) < 4.78 is 0.957. The molecule has 4 rings (SSSR count). The van der Waals surface area contributed by atoms with Crippen LogP contribution in [0.1, 0.15) is 21.5 Å². The summed E-state index contributed by atoms with van der Waals surface area (Å²) in [7, 11) is 1.66. The van der Waals surface area contributed by atoms with Crippen LogP contribution in [0.3, 0.4) is 0 Å². The first kappa shape index (κ1) is 19.8. The number of nitrogens with zero attached hydrogens (tertiary/aromatic N) is 2. The first-order valence-electron chi connectivity index (χ1n) is 8.54. The third kappa shape index (κ3) is 3.29. The maximum absolute atomic E-state index is 13.1. The van der Waals surface area contributed by atoms with Crippen molar-refractivity contribution >= 4 is 73.2 Å². The molecule has 2 aromatic carbocycles. The largest absolute Gasteiger partial charge is 0.311 e. The highest BCUT2D eigenvalue weighted by molar-refractivity contribution is 9.10. The van der Waals surface area contributed by atoms with Gasteiger partial charge in [0.15, 0.2) is 4.32 Å². The van der Waals surface area contributed by atoms with Crippen molar-refractivity contribution in [1.82, 2.24) is 10.4 Å². The highest BCUT2D eigenvalue weighted by Gasteiger charge is 2.42. The number of benzene rings is 2. The Morgan fingerprint density at radius 3 is 2.59 bits per heavy atom. The molecule has 1 N–H and O–H groups in total. The van der Waals surface area contributed by atoms with Crippen LogP contribution in [-0.4, -0.2) is 34.1 Å². The van der Waals surface area contributed by atoms with Crippen molar-refractivity contribution in [2.75, 3.05) is 11.9 Å². The zero-order valence-electron chi connectivity index (χ0n) is 15.4. The Bertz CT molecular complexity index is 1150. The normalized spacial score (nSPS) is 18.5. The van der Waals surface area contributed by atoms with E-state index in [0.717, 1.165) is 26.8 Å². The highest BCUT2D eigenvalue weighted by Crippen LogP contribution is 2.44. The summed E-state index contributed by atoms with van der Waals surface area (Å²) in [6, 6.07) is 12.5. The van der Waals surface area contributed by atoms with Gasteiger partial charge in [-0.15, -0.1) is 0 Å². The standard InChI is InChI=1S/C20H14BrN3O3S2/c1-10-5-3-4-6-12(10)17(25)22-24-19(27)16(29-20(24)28)15-13-9-11(21)7-8-14(13)23(2)18(15)26/h3-9H,1-2H3,(H,22,25). The van der Waals surface area contributed by atoms with Crippen molar-refractivity contribution in [2.24, 2.45) is 0 Å². The Balaban J connectivity index is 1.71. The van der Waals surface area contributed by atoms with E-state index in [4.69, 9.17) is 12.2 Å². The minimum atomic E-state index is -0.522. The van der Waals surface area contributed by atoms with Crippen LogP contribution in [0.15, 0.2) is 51.8 Å². The van der Waals surface area contributed by atoms with E-state index in [1.54, 1.807) is 25.2 Å². The summed E-state index contributed by atoms with van der Waals surface area (Å²) in [5.41, 5.74) is 5.43. The molecule has 0 spiro atoms. The molecule has 2 heterocycles. The lowest BCUT2D eigenvalue weighted by Crippen LogP contribution is -2.45. The van der Waals surface area contributed by atoms with Crippen molar-refractivity contribution in [3.63, 3.8) is 0 Å². The van der Waals surface area contributed by atoms with Gasteiger partial charge < -0.3 is 4.90 Å². The van der Waals surface area contributed by atoms with Gasteiger partial charge in [0.05, 0.1) is 16.2 Å². The summed E-state index contributed by atoms with van der Waals surface area (Å²) >= 11 is 9.72. The van der Waals surface area contributed by atoms with E-state index in [9.17, 15) is 14.4 Å². The first-order valence-corrected chi connectivity index (χ1v) is 10.6. The van der Waals surface area contributed by atoms with Crippen molar-refractivity contribution in [3.8, 4) is 0 Å². The number of anilines is 1. The second-order valence-electron chi connectivity index (χ2n) is 6.49. The monoisotopic (exact) mass is 487 g/mol. The Labute approximate surface area is 185 Å². The molecular weight excluding hydrogens is 474 g/mol. The molecule has 3 amide bonds. The number of hydrogen-bond donors (Lipinski definition) is 1. The summed E-state index contributed by atoms with van der Waals surface area (Å²) in [5, 5.41) is 1.03. The molecule has 1 saturated heterocycles. The van der Waals surface area contributed by atoms with E-state index >= 15 is 0 Å². The topological polar surface area (TPSA) is 69.7 Å². The Hall–Kier alpha value is -2.49. The van der Waals surface area contributed by atoms with Crippen LogP contribution in [0.25, 0.3) is 5.57 Å². The van der Waals surface area contributed by atoms with Crippen molar-refractivity contribution in [1.29, 1.82) is 0 Å². The van der Waals surface area contributed by atoms with Gasteiger partial charge in [-0.3, -0.25) is 19.8 Å². The average Bonchev–Trinajstić information content (AvgIpc) is 3.09. The molecule has 0 aromatic heterocycles.